The zero-order valence-corrected chi connectivity index (χ0v) is 22.4. The van der Waals surface area contributed by atoms with Gasteiger partial charge in [0.2, 0.25) is 5.95 Å². The van der Waals surface area contributed by atoms with Gasteiger partial charge in [-0.15, -0.1) is 0 Å². The molecule has 2 aromatic heterocycles. The summed E-state index contributed by atoms with van der Waals surface area (Å²) in [4.78, 5) is 23.4. The number of carbonyl (C=O) groups is 1. The van der Waals surface area contributed by atoms with Gasteiger partial charge in [0.1, 0.15) is 5.76 Å². The van der Waals surface area contributed by atoms with Gasteiger partial charge < -0.3 is 18.9 Å². The number of aromatic nitrogens is 3. The molecule has 2 saturated carbocycles. The number of nitrogens with zero attached hydrogens (tertiary/aromatic N) is 4. The van der Waals surface area contributed by atoms with Crippen molar-refractivity contribution in [3.63, 3.8) is 0 Å². The number of hydrogen-bond donors (Lipinski definition) is 0. The van der Waals surface area contributed by atoms with Gasteiger partial charge in [-0.2, -0.15) is 13.2 Å². The van der Waals surface area contributed by atoms with Crippen molar-refractivity contribution in [2.75, 3.05) is 12.0 Å². The molecule has 0 N–H and O–H groups in total. The van der Waals surface area contributed by atoms with Gasteiger partial charge in [-0.3, -0.25) is 0 Å². The van der Waals surface area contributed by atoms with Crippen molar-refractivity contribution >= 4 is 11.9 Å². The van der Waals surface area contributed by atoms with Gasteiger partial charge in [0.25, 0.3) is 0 Å². The van der Waals surface area contributed by atoms with Crippen molar-refractivity contribution in [1.82, 2.24) is 15.1 Å². The van der Waals surface area contributed by atoms with Crippen LogP contribution in [0.3, 0.4) is 0 Å². The quantitative estimate of drug-likeness (QED) is 0.390. The van der Waals surface area contributed by atoms with Gasteiger partial charge in [0.15, 0.2) is 5.69 Å². The first-order valence-corrected chi connectivity index (χ1v) is 14.1. The summed E-state index contributed by atoms with van der Waals surface area (Å²) in [5, 5.41) is 4.24. The summed E-state index contributed by atoms with van der Waals surface area (Å²) < 4.78 is 58.7. The SMILES string of the molecule is COC(=O)c1cc(C)nc(N2C3CCC2CC(OCc2c(C4CCCCC4C(F)(F)F)noc2C2CC2)C3)n1. The van der Waals surface area contributed by atoms with Gasteiger partial charge in [0, 0.05) is 35.2 Å². The standard InChI is InChI=1S/C28H35F3N4O4/c1-15-11-23(26(36)37-2)33-27(32-15)35-17-9-10-18(35)13-19(12-17)38-14-21-24(34-39-25(21)16-7-8-16)20-5-3-4-6-22(20)28(29,30)31/h11,16-20,22H,3-10,12-14H2,1-2H3. The van der Waals surface area contributed by atoms with E-state index < -0.39 is 24.0 Å². The Morgan fingerprint density at radius 1 is 1.08 bits per heavy atom. The Labute approximate surface area is 225 Å². The van der Waals surface area contributed by atoms with Crippen molar-refractivity contribution in [1.29, 1.82) is 0 Å². The lowest BCUT2D eigenvalue weighted by Gasteiger charge is -2.39. The molecule has 2 saturated heterocycles. The largest absolute Gasteiger partial charge is 0.464 e. The molecule has 11 heteroatoms. The van der Waals surface area contributed by atoms with Crippen LogP contribution in [0.25, 0.3) is 0 Å². The average molecular weight is 549 g/mol. The highest BCUT2D eigenvalue weighted by Gasteiger charge is 2.49. The van der Waals surface area contributed by atoms with E-state index in [9.17, 15) is 18.0 Å². The Balaban J connectivity index is 1.18. The zero-order valence-electron chi connectivity index (χ0n) is 22.4. The van der Waals surface area contributed by atoms with Crippen molar-refractivity contribution < 1.29 is 32.0 Å². The van der Waals surface area contributed by atoms with E-state index in [2.05, 4.69) is 20.0 Å². The number of fused-ring (bicyclic) bond motifs is 2. The molecule has 0 spiro atoms. The van der Waals surface area contributed by atoms with Crippen LogP contribution in [0.15, 0.2) is 10.6 Å². The predicted molar refractivity (Wildman–Crippen MR) is 134 cm³/mol. The molecule has 4 unspecified atom stereocenters. The first-order valence-electron chi connectivity index (χ1n) is 14.1. The topological polar surface area (TPSA) is 90.6 Å². The Hall–Kier alpha value is -2.69. The smallest absolute Gasteiger partial charge is 0.392 e. The number of esters is 1. The molecule has 2 aromatic rings. The van der Waals surface area contributed by atoms with Crippen LogP contribution in [0.2, 0.25) is 0 Å². The van der Waals surface area contributed by atoms with Crippen LogP contribution in [-0.2, 0) is 16.1 Å². The van der Waals surface area contributed by atoms with E-state index in [-0.39, 0.29) is 42.8 Å². The number of anilines is 1. The second-order valence-corrected chi connectivity index (χ2v) is 11.6. The number of carbonyl (C=O) groups excluding carboxylic acids is 1. The molecule has 4 atom stereocenters. The van der Waals surface area contributed by atoms with Gasteiger partial charge in [-0.1, -0.05) is 18.0 Å². The fourth-order valence-electron chi connectivity index (χ4n) is 6.96. The molecule has 0 aromatic carbocycles. The van der Waals surface area contributed by atoms with Crippen molar-refractivity contribution in [3.05, 3.63) is 34.5 Å². The fourth-order valence-corrected chi connectivity index (χ4v) is 6.96. The molecule has 39 heavy (non-hydrogen) atoms. The molecule has 0 amide bonds. The minimum absolute atomic E-state index is 0.0387. The average Bonchev–Trinajstić information content (AvgIpc) is 3.61. The molecule has 212 valence electrons. The van der Waals surface area contributed by atoms with Crippen molar-refractivity contribution in [2.45, 2.75) is 114 Å². The maximum absolute atomic E-state index is 13.9. The third-order valence-corrected chi connectivity index (χ3v) is 8.96. The zero-order chi connectivity index (χ0) is 27.3. The Bertz CT molecular complexity index is 1200. The molecular weight excluding hydrogens is 513 g/mol. The molecule has 4 aliphatic rings. The highest BCUT2D eigenvalue weighted by atomic mass is 19.4. The van der Waals surface area contributed by atoms with Gasteiger partial charge in [0.05, 0.1) is 31.4 Å². The molecule has 2 bridgehead atoms. The molecule has 6 rings (SSSR count). The van der Waals surface area contributed by atoms with E-state index in [0.717, 1.165) is 56.3 Å². The predicted octanol–water partition coefficient (Wildman–Crippen LogP) is 5.99. The van der Waals surface area contributed by atoms with E-state index >= 15 is 0 Å². The van der Waals surface area contributed by atoms with Crippen LogP contribution in [0, 0.1) is 12.8 Å². The molecule has 2 aliphatic heterocycles. The summed E-state index contributed by atoms with van der Waals surface area (Å²) in [6.45, 7) is 2.06. The second-order valence-electron chi connectivity index (χ2n) is 11.6. The van der Waals surface area contributed by atoms with Crippen LogP contribution in [0.4, 0.5) is 19.1 Å². The number of piperidine rings is 1. The highest BCUT2D eigenvalue weighted by molar-refractivity contribution is 5.87. The van der Waals surface area contributed by atoms with Gasteiger partial charge >= 0.3 is 12.1 Å². The molecule has 0 radical (unpaired) electrons. The van der Waals surface area contributed by atoms with Crippen LogP contribution < -0.4 is 4.90 Å². The molecule has 4 heterocycles. The van der Waals surface area contributed by atoms with E-state index in [0.29, 0.717) is 30.2 Å². The molecule has 8 nitrogen and oxygen atoms in total. The second kappa shape index (κ2) is 10.4. The number of rotatable bonds is 7. The first-order chi connectivity index (χ1) is 18.7. The maximum atomic E-state index is 13.9. The van der Waals surface area contributed by atoms with E-state index in [1.54, 1.807) is 6.07 Å². The third-order valence-electron chi connectivity index (χ3n) is 8.96. The van der Waals surface area contributed by atoms with Crippen LogP contribution in [-0.4, -0.2) is 52.6 Å². The lowest BCUT2D eigenvalue weighted by Crippen LogP contribution is -2.46. The van der Waals surface area contributed by atoms with E-state index in [4.69, 9.17) is 14.0 Å². The van der Waals surface area contributed by atoms with Crippen LogP contribution >= 0.6 is 0 Å². The van der Waals surface area contributed by atoms with Crippen LogP contribution in [0.1, 0.15) is 109 Å². The number of aryl methyl sites for hydroxylation is 1. The lowest BCUT2D eigenvalue weighted by molar-refractivity contribution is -0.187. The molecular formula is C28H35F3N4O4. The summed E-state index contributed by atoms with van der Waals surface area (Å²) in [5.74, 6) is -1.05. The Kier molecular flexibility index (Phi) is 7.05. The first kappa shape index (κ1) is 26.5. The van der Waals surface area contributed by atoms with Gasteiger partial charge in [-0.05, 0) is 64.4 Å². The Morgan fingerprint density at radius 3 is 2.46 bits per heavy atom. The maximum Gasteiger partial charge on any atom is 0.392 e. The normalized spacial score (nSPS) is 29.1. The number of alkyl halides is 3. The highest BCUT2D eigenvalue weighted by Crippen LogP contribution is 2.50. The summed E-state index contributed by atoms with van der Waals surface area (Å²) in [5.41, 5.74) is 2.15. The Morgan fingerprint density at radius 2 is 1.79 bits per heavy atom. The van der Waals surface area contributed by atoms with E-state index in [1.165, 1.54) is 7.11 Å². The van der Waals surface area contributed by atoms with Gasteiger partial charge in [-0.25, -0.2) is 14.8 Å². The molecule has 4 fully saturated rings. The summed E-state index contributed by atoms with van der Waals surface area (Å²) in [6, 6.07) is 1.95. The third kappa shape index (κ3) is 5.26. The number of methoxy groups -OCH3 is 1. The minimum atomic E-state index is -4.25. The lowest BCUT2D eigenvalue weighted by atomic mass is 9.76. The summed E-state index contributed by atoms with van der Waals surface area (Å²) >= 11 is 0. The van der Waals surface area contributed by atoms with Crippen molar-refractivity contribution in [3.8, 4) is 0 Å². The number of hydrogen-bond acceptors (Lipinski definition) is 8. The summed E-state index contributed by atoms with van der Waals surface area (Å²) in [6.07, 6.45) is 3.08. The van der Waals surface area contributed by atoms with E-state index in [1.807, 2.05) is 6.92 Å². The van der Waals surface area contributed by atoms with Crippen LogP contribution in [0.5, 0.6) is 0 Å². The van der Waals surface area contributed by atoms with Crippen molar-refractivity contribution in [2.24, 2.45) is 5.92 Å². The number of halogens is 3. The fraction of sp³-hybridized carbons (Fsp3) is 0.714. The molecule has 2 aliphatic carbocycles. The number of ether oxygens (including phenoxy) is 2. The monoisotopic (exact) mass is 548 g/mol. The summed E-state index contributed by atoms with van der Waals surface area (Å²) in [7, 11) is 1.33. The minimum Gasteiger partial charge on any atom is -0.464 e.